The Morgan fingerprint density at radius 3 is 2.21 bits per heavy atom. The van der Waals surface area contributed by atoms with Gasteiger partial charge in [-0.15, -0.1) is 0 Å². The van der Waals surface area contributed by atoms with Crippen LogP contribution in [-0.4, -0.2) is 21.2 Å². The van der Waals surface area contributed by atoms with Crippen molar-refractivity contribution in [2.24, 2.45) is 10.9 Å². The first-order valence-corrected chi connectivity index (χ1v) is 12.9. The van der Waals surface area contributed by atoms with Crippen LogP contribution in [0.3, 0.4) is 0 Å². The summed E-state index contributed by atoms with van der Waals surface area (Å²) in [7, 11) is 0. The Labute approximate surface area is 219 Å². The standard InChI is InChI=1S/C34H22N4/c1-3-22-7-9-24-13-15-29(37-33(24)31(22)35-17-1)26-11-5-21-6-12-27(20-28(21)19-26)30-16-14-25-10-8-23-4-2-18-36-32(23)34(25)38-30/h1-20,22,31H. The van der Waals surface area contributed by atoms with E-state index in [2.05, 4.69) is 102 Å². The summed E-state index contributed by atoms with van der Waals surface area (Å²) >= 11 is 0. The third kappa shape index (κ3) is 3.38. The molecule has 3 aromatic carbocycles. The second-order valence-electron chi connectivity index (χ2n) is 9.92. The number of rotatable bonds is 2. The van der Waals surface area contributed by atoms with Gasteiger partial charge in [0.2, 0.25) is 0 Å². The molecule has 2 atom stereocenters. The van der Waals surface area contributed by atoms with Gasteiger partial charge in [0.15, 0.2) is 0 Å². The van der Waals surface area contributed by atoms with E-state index in [4.69, 9.17) is 15.0 Å². The number of hydrogen-bond donors (Lipinski definition) is 0. The van der Waals surface area contributed by atoms with E-state index in [9.17, 15) is 0 Å². The van der Waals surface area contributed by atoms with E-state index in [-0.39, 0.29) is 12.0 Å². The highest BCUT2D eigenvalue weighted by Crippen LogP contribution is 2.38. The zero-order valence-electron chi connectivity index (χ0n) is 20.5. The van der Waals surface area contributed by atoms with Gasteiger partial charge in [0.1, 0.15) is 6.04 Å². The Balaban J connectivity index is 1.22. The molecule has 1 aliphatic carbocycles. The Morgan fingerprint density at radius 2 is 1.34 bits per heavy atom. The van der Waals surface area contributed by atoms with Crippen LogP contribution < -0.4 is 0 Å². The van der Waals surface area contributed by atoms with Gasteiger partial charge in [-0.3, -0.25) is 9.98 Å². The normalized spacial score (nSPS) is 17.7. The minimum absolute atomic E-state index is 0.0524. The summed E-state index contributed by atoms with van der Waals surface area (Å²) in [5.41, 5.74) is 8.15. The smallest absolute Gasteiger partial charge is 0.102 e. The number of allylic oxidation sites excluding steroid dienone is 1. The molecule has 1 aliphatic heterocycles. The highest BCUT2D eigenvalue weighted by Gasteiger charge is 2.26. The van der Waals surface area contributed by atoms with Gasteiger partial charge in [-0.05, 0) is 52.7 Å². The van der Waals surface area contributed by atoms with Crippen molar-refractivity contribution in [3.05, 3.63) is 121 Å². The number of dihydropyridines is 1. The number of aliphatic imine (C=N–C) groups is 1. The second-order valence-corrected chi connectivity index (χ2v) is 9.92. The summed E-state index contributed by atoms with van der Waals surface area (Å²) in [6.45, 7) is 0. The molecule has 6 aromatic rings. The number of aromatic nitrogens is 3. The Bertz CT molecular complexity index is 2000. The molecule has 0 bridgehead atoms. The third-order valence-electron chi connectivity index (χ3n) is 7.63. The molecule has 2 unspecified atom stereocenters. The number of fused-ring (bicyclic) bond motifs is 7. The fraction of sp³-hybridized carbons (Fsp3) is 0.0588. The zero-order valence-corrected chi connectivity index (χ0v) is 20.5. The molecular formula is C34H22N4. The third-order valence-corrected chi connectivity index (χ3v) is 7.63. The van der Waals surface area contributed by atoms with E-state index in [0.717, 1.165) is 61.0 Å². The van der Waals surface area contributed by atoms with Gasteiger partial charge in [-0.25, -0.2) is 9.97 Å². The quantitative estimate of drug-likeness (QED) is 0.233. The van der Waals surface area contributed by atoms with E-state index in [1.807, 2.05) is 24.6 Å². The van der Waals surface area contributed by atoms with Crippen molar-refractivity contribution in [1.29, 1.82) is 0 Å². The van der Waals surface area contributed by atoms with Crippen LogP contribution in [0.25, 0.3) is 61.2 Å². The number of nitrogens with zero attached hydrogens (tertiary/aromatic N) is 4. The van der Waals surface area contributed by atoms with Crippen LogP contribution in [0.1, 0.15) is 17.3 Å². The summed E-state index contributed by atoms with van der Waals surface area (Å²) in [5, 5.41) is 4.54. The molecule has 4 heterocycles. The SMILES string of the molecule is C1=CC2C=Cc3ccc(-c4ccc5ccc(-c6ccc7ccc8cccnc8c7n6)cc5c4)nc3C2N=C1. The highest BCUT2D eigenvalue weighted by molar-refractivity contribution is 6.03. The molecule has 4 nitrogen and oxygen atoms in total. The molecule has 4 heteroatoms. The summed E-state index contributed by atoms with van der Waals surface area (Å²) in [4.78, 5) is 19.5. The predicted molar refractivity (Wildman–Crippen MR) is 156 cm³/mol. The van der Waals surface area contributed by atoms with Gasteiger partial charge >= 0.3 is 0 Å². The molecule has 178 valence electrons. The molecule has 0 spiro atoms. The monoisotopic (exact) mass is 486 g/mol. The van der Waals surface area contributed by atoms with Crippen LogP contribution >= 0.6 is 0 Å². The first-order valence-electron chi connectivity index (χ1n) is 12.9. The Kier molecular flexibility index (Phi) is 4.61. The molecule has 8 rings (SSSR count). The average molecular weight is 487 g/mol. The van der Waals surface area contributed by atoms with E-state index >= 15 is 0 Å². The molecular weight excluding hydrogens is 464 g/mol. The topological polar surface area (TPSA) is 51.0 Å². The molecule has 2 aliphatic rings. The maximum Gasteiger partial charge on any atom is 0.102 e. The maximum atomic E-state index is 5.10. The highest BCUT2D eigenvalue weighted by atomic mass is 14.9. The molecule has 0 N–H and O–H groups in total. The van der Waals surface area contributed by atoms with Crippen molar-refractivity contribution in [1.82, 2.24) is 15.0 Å². The van der Waals surface area contributed by atoms with E-state index in [1.165, 1.54) is 5.39 Å². The summed E-state index contributed by atoms with van der Waals surface area (Å²) < 4.78 is 0. The van der Waals surface area contributed by atoms with Crippen LogP contribution in [0.5, 0.6) is 0 Å². The molecule has 0 saturated carbocycles. The first-order chi connectivity index (χ1) is 18.8. The van der Waals surface area contributed by atoms with Crippen molar-refractivity contribution in [3.8, 4) is 22.5 Å². The van der Waals surface area contributed by atoms with Crippen molar-refractivity contribution >= 4 is 44.9 Å². The lowest BCUT2D eigenvalue weighted by Crippen LogP contribution is -2.16. The van der Waals surface area contributed by atoms with Crippen molar-refractivity contribution in [3.63, 3.8) is 0 Å². The van der Waals surface area contributed by atoms with Crippen LogP contribution in [0, 0.1) is 5.92 Å². The van der Waals surface area contributed by atoms with Gasteiger partial charge < -0.3 is 0 Å². The van der Waals surface area contributed by atoms with Crippen LogP contribution in [0.2, 0.25) is 0 Å². The number of benzene rings is 3. The second kappa shape index (κ2) is 8.29. The summed E-state index contributed by atoms with van der Waals surface area (Å²) in [5.74, 6) is 0.274. The van der Waals surface area contributed by atoms with Crippen molar-refractivity contribution in [2.75, 3.05) is 0 Å². The van der Waals surface area contributed by atoms with E-state index in [0.29, 0.717) is 0 Å². The van der Waals surface area contributed by atoms with Crippen LogP contribution in [0.4, 0.5) is 0 Å². The Morgan fingerprint density at radius 1 is 0.605 bits per heavy atom. The molecule has 0 saturated heterocycles. The van der Waals surface area contributed by atoms with Crippen LogP contribution in [0.15, 0.2) is 114 Å². The molecule has 0 fully saturated rings. The van der Waals surface area contributed by atoms with Gasteiger partial charge in [0, 0.05) is 40.2 Å². The van der Waals surface area contributed by atoms with Gasteiger partial charge in [-0.2, -0.15) is 0 Å². The fourth-order valence-electron chi connectivity index (χ4n) is 5.64. The first kappa shape index (κ1) is 21.2. The van der Waals surface area contributed by atoms with E-state index in [1.54, 1.807) is 0 Å². The summed E-state index contributed by atoms with van der Waals surface area (Å²) in [6.07, 6.45) is 12.3. The van der Waals surface area contributed by atoms with Gasteiger partial charge in [-0.1, -0.05) is 72.8 Å². The average Bonchev–Trinajstić information content (AvgIpc) is 3.00. The Hall–Kier alpha value is -4.96. The lowest BCUT2D eigenvalue weighted by atomic mass is 9.87. The molecule has 0 amide bonds. The summed E-state index contributed by atoms with van der Waals surface area (Å²) in [6, 6.07) is 29.9. The van der Waals surface area contributed by atoms with Gasteiger partial charge in [0.05, 0.1) is 28.1 Å². The minimum Gasteiger partial charge on any atom is -0.282 e. The molecule has 38 heavy (non-hydrogen) atoms. The minimum atomic E-state index is 0.0524. The predicted octanol–water partition coefficient (Wildman–Crippen LogP) is 7.99. The van der Waals surface area contributed by atoms with Gasteiger partial charge in [0.25, 0.3) is 0 Å². The lowest BCUT2D eigenvalue weighted by Gasteiger charge is -2.26. The molecule has 0 radical (unpaired) electrons. The fourth-order valence-corrected chi connectivity index (χ4v) is 5.64. The molecule has 3 aromatic heterocycles. The van der Waals surface area contributed by atoms with Crippen molar-refractivity contribution < 1.29 is 0 Å². The zero-order chi connectivity index (χ0) is 25.1. The maximum absolute atomic E-state index is 5.10. The van der Waals surface area contributed by atoms with E-state index < -0.39 is 0 Å². The van der Waals surface area contributed by atoms with Crippen LogP contribution in [-0.2, 0) is 0 Å². The number of hydrogen-bond acceptors (Lipinski definition) is 4. The van der Waals surface area contributed by atoms with Crippen molar-refractivity contribution in [2.45, 2.75) is 6.04 Å². The lowest BCUT2D eigenvalue weighted by molar-refractivity contribution is 0.594. The largest absolute Gasteiger partial charge is 0.282 e. The number of pyridine rings is 3.